The number of rotatable bonds is 5. The van der Waals surface area contributed by atoms with E-state index in [4.69, 9.17) is 9.47 Å². The zero-order chi connectivity index (χ0) is 13.9. The summed E-state index contributed by atoms with van der Waals surface area (Å²) in [6.07, 6.45) is 0.753. The Morgan fingerprint density at radius 3 is 2.47 bits per heavy atom. The van der Waals surface area contributed by atoms with Crippen LogP contribution in [-0.2, 0) is 5.60 Å². The number of likely N-dealkylation sites (tertiary alicyclic amines) is 1. The fourth-order valence-corrected chi connectivity index (χ4v) is 2.56. The molecule has 1 aliphatic heterocycles. The minimum Gasteiger partial charge on any atom is -0.490 e. The Balaban J connectivity index is 2.29. The summed E-state index contributed by atoms with van der Waals surface area (Å²) in [6.45, 7) is 6.65. The molecule has 1 unspecified atom stereocenters. The second kappa shape index (κ2) is 5.80. The number of nitrogens with zero attached hydrogens (tertiary/aromatic N) is 1. The van der Waals surface area contributed by atoms with Gasteiger partial charge in [0.15, 0.2) is 11.5 Å². The maximum Gasteiger partial charge on any atom is 0.161 e. The monoisotopic (exact) mass is 265 g/mol. The van der Waals surface area contributed by atoms with E-state index in [9.17, 15) is 5.11 Å². The van der Waals surface area contributed by atoms with Gasteiger partial charge in [0.05, 0.1) is 13.2 Å². The summed E-state index contributed by atoms with van der Waals surface area (Å²) >= 11 is 0. The van der Waals surface area contributed by atoms with E-state index in [1.807, 2.05) is 39.1 Å². The van der Waals surface area contributed by atoms with Crippen LogP contribution in [0.1, 0.15) is 25.8 Å². The van der Waals surface area contributed by atoms with E-state index in [0.29, 0.717) is 25.5 Å². The van der Waals surface area contributed by atoms with Crippen LogP contribution in [0.2, 0.25) is 0 Å². The van der Waals surface area contributed by atoms with Crippen molar-refractivity contribution in [3.8, 4) is 11.5 Å². The lowest BCUT2D eigenvalue weighted by Crippen LogP contribution is -2.29. The summed E-state index contributed by atoms with van der Waals surface area (Å²) in [6, 6.07) is 5.74. The molecule has 1 fully saturated rings. The molecule has 4 heteroatoms. The molecule has 19 heavy (non-hydrogen) atoms. The maximum absolute atomic E-state index is 10.7. The van der Waals surface area contributed by atoms with Gasteiger partial charge in [-0.3, -0.25) is 0 Å². The lowest BCUT2D eigenvalue weighted by atomic mass is 9.93. The van der Waals surface area contributed by atoms with Crippen molar-refractivity contribution in [3.63, 3.8) is 0 Å². The van der Waals surface area contributed by atoms with Gasteiger partial charge in [0.1, 0.15) is 5.60 Å². The molecule has 4 nitrogen and oxygen atoms in total. The molecule has 0 saturated carbocycles. The van der Waals surface area contributed by atoms with Crippen molar-refractivity contribution >= 4 is 0 Å². The van der Waals surface area contributed by atoms with E-state index in [1.165, 1.54) is 0 Å². The standard InChI is InChI=1S/C15H23NO3/c1-4-18-13-7-6-12(10-14(13)19-5-2)15(17)8-9-16(3)11-15/h6-7,10,17H,4-5,8-9,11H2,1-3H3. The molecule has 0 aromatic heterocycles. The summed E-state index contributed by atoms with van der Waals surface area (Å²) in [5.41, 5.74) is 0.134. The van der Waals surface area contributed by atoms with E-state index in [-0.39, 0.29) is 0 Å². The summed E-state index contributed by atoms with van der Waals surface area (Å²) in [5, 5.41) is 10.7. The third-order valence-electron chi connectivity index (χ3n) is 3.52. The first-order chi connectivity index (χ1) is 9.09. The van der Waals surface area contributed by atoms with Crippen LogP contribution in [0.4, 0.5) is 0 Å². The van der Waals surface area contributed by atoms with Crippen LogP contribution in [0, 0.1) is 0 Å². The first-order valence-corrected chi connectivity index (χ1v) is 6.90. The minimum absolute atomic E-state index is 0.585. The zero-order valence-electron chi connectivity index (χ0n) is 12.0. The maximum atomic E-state index is 10.7. The van der Waals surface area contributed by atoms with Crippen molar-refractivity contribution in [1.29, 1.82) is 0 Å². The lowest BCUT2D eigenvalue weighted by molar-refractivity contribution is 0.0485. The molecular weight excluding hydrogens is 242 g/mol. The largest absolute Gasteiger partial charge is 0.490 e. The minimum atomic E-state index is -0.772. The normalized spacial score (nSPS) is 23.6. The van der Waals surface area contributed by atoms with Crippen molar-refractivity contribution in [2.45, 2.75) is 25.9 Å². The van der Waals surface area contributed by atoms with Crippen molar-refractivity contribution in [3.05, 3.63) is 23.8 Å². The third kappa shape index (κ3) is 3.01. The van der Waals surface area contributed by atoms with Gasteiger partial charge in [-0.05, 0) is 45.0 Å². The van der Waals surface area contributed by atoms with E-state index in [1.54, 1.807) is 0 Å². The molecule has 2 rings (SSSR count). The summed E-state index contributed by atoms with van der Waals surface area (Å²) in [5.74, 6) is 1.45. The number of hydrogen-bond donors (Lipinski definition) is 1. The van der Waals surface area contributed by atoms with Gasteiger partial charge >= 0.3 is 0 Å². The first-order valence-electron chi connectivity index (χ1n) is 6.90. The number of hydrogen-bond acceptors (Lipinski definition) is 4. The fourth-order valence-electron chi connectivity index (χ4n) is 2.56. The third-order valence-corrected chi connectivity index (χ3v) is 3.52. The van der Waals surface area contributed by atoms with Gasteiger partial charge < -0.3 is 19.5 Å². The zero-order valence-corrected chi connectivity index (χ0v) is 12.0. The number of likely N-dealkylation sites (N-methyl/N-ethyl adjacent to an activating group) is 1. The molecule has 0 amide bonds. The summed E-state index contributed by atoms with van der Waals surface area (Å²) in [4.78, 5) is 2.14. The van der Waals surface area contributed by atoms with Gasteiger partial charge in [0.25, 0.3) is 0 Å². The molecule has 1 aromatic rings. The molecule has 1 aromatic carbocycles. The van der Waals surface area contributed by atoms with Crippen molar-refractivity contribution in [2.24, 2.45) is 0 Å². The molecule has 0 aliphatic carbocycles. The molecule has 0 radical (unpaired) electrons. The quantitative estimate of drug-likeness (QED) is 0.884. The van der Waals surface area contributed by atoms with Crippen molar-refractivity contribution in [2.75, 3.05) is 33.4 Å². The number of β-amino-alcohol motifs (C(OH)–C–C–N with tert-alkyl or cyclic N) is 1. The highest BCUT2D eigenvalue weighted by Gasteiger charge is 2.36. The van der Waals surface area contributed by atoms with Crippen LogP contribution >= 0.6 is 0 Å². The Labute approximate surface area is 114 Å². The van der Waals surface area contributed by atoms with E-state index < -0.39 is 5.60 Å². The van der Waals surface area contributed by atoms with Gasteiger partial charge in [-0.1, -0.05) is 6.07 Å². The van der Waals surface area contributed by atoms with Crippen LogP contribution in [0.3, 0.4) is 0 Å². The van der Waals surface area contributed by atoms with Crippen LogP contribution in [0.15, 0.2) is 18.2 Å². The van der Waals surface area contributed by atoms with Crippen LogP contribution < -0.4 is 9.47 Å². The molecule has 1 saturated heterocycles. The second-order valence-electron chi connectivity index (χ2n) is 5.05. The highest BCUT2D eigenvalue weighted by Crippen LogP contribution is 2.36. The molecule has 1 heterocycles. The Kier molecular flexibility index (Phi) is 4.32. The molecule has 0 spiro atoms. The topological polar surface area (TPSA) is 41.9 Å². The van der Waals surface area contributed by atoms with Crippen molar-refractivity contribution in [1.82, 2.24) is 4.90 Å². The highest BCUT2D eigenvalue weighted by molar-refractivity contribution is 5.45. The average molecular weight is 265 g/mol. The fraction of sp³-hybridized carbons (Fsp3) is 0.600. The Bertz CT molecular complexity index is 435. The van der Waals surface area contributed by atoms with Gasteiger partial charge in [-0.15, -0.1) is 0 Å². The molecule has 1 N–H and O–H groups in total. The van der Waals surface area contributed by atoms with Gasteiger partial charge in [0, 0.05) is 13.1 Å². The Hall–Kier alpha value is -1.26. The van der Waals surface area contributed by atoms with Gasteiger partial charge in [-0.2, -0.15) is 0 Å². The van der Waals surface area contributed by atoms with Crippen molar-refractivity contribution < 1.29 is 14.6 Å². The smallest absolute Gasteiger partial charge is 0.161 e. The molecular formula is C15H23NO3. The first kappa shape index (κ1) is 14.2. The average Bonchev–Trinajstić information content (AvgIpc) is 2.73. The van der Waals surface area contributed by atoms with E-state index >= 15 is 0 Å². The predicted molar refractivity (Wildman–Crippen MR) is 74.8 cm³/mol. The lowest BCUT2D eigenvalue weighted by Gasteiger charge is -2.24. The number of ether oxygens (including phenoxy) is 2. The summed E-state index contributed by atoms with van der Waals surface area (Å²) in [7, 11) is 2.02. The molecule has 0 bridgehead atoms. The number of aliphatic hydroxyl groups is 1. The van der Waals surface area contributed by atoms with Crippen LogP contribution in [0.5, 0.6) is 11.5 Å². The van der Waals surface area contributed by atoms with E-state index in [2.05, 4.69) is 4.90 Å². The molecule has 1 aliphatic rings. The molecule has 106 valence electrons. The van der Waals surface area contributed by atoms with E-state index in [0.717, 1.165) is 24.3 Å². The Morgan fingerprint density at radius 1 is 1.21 bits per heavy atom. The van der Waals surface area contributed by atoms with Crippen LogP contribution in [0.25, 0.3) is 0 Å². The Morgan fingerprint density at radius 2 is 1.89 bits per heavy atom. The van der Waals surface area contributed by atoms with Crippen LogP contribution in [-0.4, -0.2) is 43.4 Å². The predicted octanol–water partition coefficient (Wildman–Crippen LogP) is 2.01. The van der Waals surface area contributed by atoms with Gasteiger partial charge in [-0.25, -0.2) is 0 Å². The molecule has 1 atom stereocenters. The second-order valence-corrected chi connectivity index (χ2v) is 5.05. The SMILES string of the molecule is CCOc1ccc(C2(O)CCN(C)C2)cc1OCC. The summed E-state index contributed by atoms with van der Waals surface area (Å²) < 4.78 is 11.2. The number of benzene rings is 1. The van der Waals surface area contributed by atoms with Gasteiger partial charge in [0.2, 0.25) is 0 Å². The highest BCUT2D eigenvalue weighted by atomic mass is 16.5.